The number of allylic oxidation sites excluding steroid dienone is 1. The number of hydrogen-bond acceptors (Lipinski definition) is 0. The summed E-state index contributed by atoms with van der Waals surface area (Å²) >= 11 is 0. The zero-order valence-electron chi connectivity index (χ0n) is 9.04. The van der Waals surface area contributed by atoms with Crippen molar-refractivity contribution in [2.45, 2.75) is 53.4 Å². The second kappa shape index (κ2) is 2.90. The van der Waals surface area contributed by atoms with Crippen LogP contribution in [0.1, 0.15) is 53.4 Å². The van der Waals surface area contributed by atoms with Gasteiger partial charge in [0.2, 0.25) is 0 Å². The van der Waals surface area contributed by atoms with E-state index in [9.17, 15) is 0 Å². The standard InChI is InChI=1S/C12H22/c1-6-11(5)9-12(7-2,8-3)10(11)4/h4,6-9H2,1-3,5H3. The lowest BCUT2D eigenvalue weighted by Gasteiger charge is -2.57. The van der Waals surface area contributed by atoms with Gasteiger partial charge >= 0.3 is 0 Å². The number of hydrogen-bond donors (Lipinski definition) is 0. The summed E-state index contributed by atoms with van der Waals surface area (Å²) in [5.41, 5.74) is 2.49. The van der Waals surface area contributed by atoms with E-state index in [2.05, 4.69) is 34.3 Å². The molecule has 0 nitrogen and oxygen atoms in total. The lowest BCUT2D eigenvalue weighted by molar-refractivity contribution is 0.0647. The van der Waals surface area contributed by atoms with Gasteiger partial charge in [0.1, 0.15) is 0 Å². The van der Waals surface area contributed by atoms with Crippen molar-refractivity contribution >= 4 is 0 Å². The molecule has 0 heteroatoms. The summed E-state index contributed by atoms with van der Waals surface area (Å²) in [5.74, 6) is 0. The molecule has 12 heavy (non-hydrogen) atoms. The van der Waals surface area contributed by atoms with Crippen LogP contribution in [0.4, 0.5) is 0 Å². The molecule has 0 heterocycles. The molecule has 0 spiro atoms. The Kier molecular flexibility index (Phi) is 2.38. The average Bonchev–Trinajstić information content (AvgIpc) is 2.12. The second-order valence-corrected chi connectivity index (χ2v) is 4.56. The molecule has 1 aliphatic carbocycles. The lowest BCUT2D eigenvalue weighted by atomic mass is 9.47. The van der Waals surface area contributed by atoms with Crippen molar-refractivity contribution in [1.29, 1.82) is 0 Å². The van der Waals surface area contributed by atoms with Gasteiger partial charge < -0.3 is 0 Å². The summed E-state index contributed by atoms with van der Waals surface area (Å²) < 4.78 is 0. The first-order valence-electron chi connectivity index (χ1n) is 5.24. The Morgan fingerprint density at radius 2 is 1.67 bits per heavy atom. The number of rotatable bonds is 3. The monoisotopic (exact) mass is 166 g/mol. The Morgan fingerprint density at radius 3 is 1.92 bits per heavy atom. The molecule has 0 amide bonds. The molecule has 1 fully saturated rings. The van der Waals surface area contributed by atoms with E-state index in [4.69, 9.17) is 0 Å². The van der Waals surface area contributed by atoms with E-state index in [-0.39, 0.29) is 0 Å². The summed E-state index contributed by atoms with van der Waals surface area (Å²) in [6.07, 6.45) is 5.17. The Morgan fingerprint density at radius 1 is 1.17 bits per heavy atom. The molecular formula is C12H22. The van der Waals surface area contributed by atoms with Gasteiger partial charge in [0.05, 0.1) is 0 Å². The zero-order chi connectivity index (χ0) is 9.41. The van der Waals surface area contributed by atoms with Gasteiger partial charge in [0.25, 0.3) is 0 Å². The smallest absolute Gasteiger partial charge is 0.00823 e. The quantitative estimate of drug-likeness (QED) is 0.552. The minimum Gasteiger partial charge on any atom is -0.0987 e. The van der Waals surface area contributed by atoms with Crippen LogP contribution < -0.4 is 0 Å². The summed E-state index contributed by atoms with van der Waals surface area (Å²) in [5, 5.41) is 0. The average molecular weight is 166 g/mol. The van der Waals surface area contributed by atoms with Crippen LogP contribution in [0.5, 0.6) is 0 Å². The highest BCUT2D eigenvalue weighted by Gasteiger charge is 2.51. The van der Waals surface area contributed by atoms with Crippen molar-refractivity contribution in [3.63, 3.8) is 0 Å². The van der Waals surface area contributed by atoms with Gasteiger partial charge in [-0.25, -0.2) is 0 Å². The largest absolute Gasteiger partial charge is 0.0987 e. The minimum absolute atomic E-state index is 0.464. The first-order chi connectivity index (χ1) is 5.54. The van der Waals surface area contributed by atoms with Crippen LogP contribution in [0.25, 0.3) is 0 Å². The van der Waals surface area contributed by atoms with Crippen LogP contribution >= 0.6 is 0 Å². The van der Waals surface area contributed by atoms with Crippen LogP contribution in [-0.4, -0.2) is 0 Å². The molecule has 0 aromatic carbocycles. The van der Waals surface area contributed by atoms with Crippen LogP contribution in [0, 0.1) is 10.8 Å². The van der Waals surface area contributed by atoms with Gasteiger partial charge in [0.15, 0.2) is 0 Å². The van der Waals surface area contributed by atoms with Crippen LogP contribution in [0.2, 0.25) is 0 Å². The molecule has 1 atom stereocenters. The molecule has 1 aliphatic rings. The van der Waals surface area contributed by atoms with E-state index in [1.165, 1.54) is 31.3 Å². The van der Waals surface area contributed by atoms with Gasteiger partial charge in [-0.15, -0.1) is 0 Å². The molecule has 1 saturated carbocycles. The van der Waals surface area contributed by atoms with Crippen LogP contribution in [0.3, 0.4) is 0 Å². The summed E-state index contributed by atoms with van der Waals surface area (Å²) in [6, 6.07) is 0. The van der Waals surface area contributed by atoms with Gasteiger partial charge in [-0.2, -0.15) is 0 Å². The van der Waals surface area contributed by atoms with Crippen LogP contribution in [0.15, 0.2) is 12.2 Å². The SMILES string of the molecule is C=C1C(C)(CC)CC1(CC)CC. The molecule has 70 valence electrons. The topological polar surface area (TPSA) is 0 Å². The normalized spacial score (nSPS) is 33.2. The molecule has 0 radical (unpaired) electrons. The van der Waals surface area contributed by atoms with Gasteiger partial charge in [-0.05, 0) is 36.5 Å². The van der Waals surface area contributed by atoms with Crippen molar-refractivity contribution in [1.82, 2.24) is 0 Å². The Hall–Kier alpha value is -0.260. The third-order valence-electron chi connectivity index (χ3n) is 4.23. The molecule has 0 aliphatic heterocycles. The minimum atomic E-state index is 0.464. The molecule has 0 saturated heterocycles. The van der Waals surface area contributed by atoms with E-state index in [1.54, 1.807) is 0 Å². The second-order valence-electron chi connectivity index (χ2n) is 4.56. The van der Waals surface area contributed by atoms with Crippen molar-refractivity contribution in [3.8, 4) is 0 Å². The molecule has 1 unspecified atom stereocenters. The van der Waals surface area contributed by atoms with Crippen molar-refractivity contribution in [3.05, 3.63) is 12.2 Å². The molecule has 0 N–H and O–H groups in total. The molecular weight excluding hydrogens is 144 g/mol. The van der Waals surface area contributed by atoms with E-state index in [0.717, 1.165) is 0 Å². The van der Waals surface area contributed by atoms with E-state index in [1.807, 2.05) is 0 Å². The summed E-state index contributed by atoms with van der Waals surface area (Å²) in [4.78, 5) is 0. The zero-order valence-corrected chi connectivity index (χ0v) is 9.04. The highest BCUT2D eigenvalue weighted by molar-refractivity contribution is 5.29. The molecule has 0 aromatic heterocycles. The van der Waals surface area contributed by atoms with E-state index >= 15 is 0 Å². The Labute approximate surface area is 77.1 Å². The molecule has 0 aromatic rings. The van der Waals surface area contributed by atoms with Crippen molar-refractivity contribution in [2.24, 2.45) is 10.8 Å². The fourth-order valence-corrected chi connectivity index (χ4v) is 2.76. The fourth-order valence-electron chi connectivity index (χ4n) is 2.76. The molecule has 0 bridgehead atoms. The van der Waals surface area contributed by atoms with Crippen molar-refractivity contribution in [2.75, 3.05) is 0 Å². The van der Waals surface area contributed by atoms with E-state index in [0.29, 0.717) is 10.8 Å². The first kappa shape index (κ1) is 9.83. The first-order valence-corrected chi connectivity index (χ1v) is 5.24. The van der Waals surface area contributed by atoms with Gasteiger partial charge in [-0.3, -0.25) is 0 Å². The maximum atomic E-state index is 4.28. The predicted molar refractivity (Wildman–Crippen MR) is 55.2 cm³/mol. The van der Waals surface area contributed by atoms with Crippen molar-refractivity contribution < 1.29 is 0 Å². The van der Waals surface area contributed by atoms with Gasteiger partial charge in [0, 0.05) is 0 Å². The third kappa shape index (κ3) is 1.04. The molecule has 1 rings (SSSR count). The maximum Gasteiger partial charge on any atom is -0.00823 e. The van der Waals surface area contributed by atoms with E-state index < -0.39 is 0 Å². The highest BCUT2D eigenvalue weighted by Crippen LogP contribution is 2.62. The maximum absolute atomic E-state index is 4.28. The fraction of sp³-hybridized carbons (Fsp3) is 0.833. The Bertz CT molecular complexity index is 186. The summed E-state index contributed by atoms with van der Waals surface area (Å²) in [7, 11) is 0. The highest BCUT2D eigenvalue weighted by atomic mass is 14.6. The van der Waals surface area contributed by atoms with Gasteiger partial charge in [-0.1, -0.05) is 39.8 Å². The lowest BCUT2D eigenvalue weighted by Crippen LogP contribution is -2.46. The predicted octanol–water partition coefficient (Wildman–Crippen LogP) is 4.17. The summed E-state index contributed by atoms with van der Waals surface area (Å²) in [6.45, 7) is 13.5. The Balaban J connectivity index is 2.75. The third-order valence-corrected chi connectivity index (χ3v) is 4.23. The van der Waals surface area contributed by atoms with Crippen LogP contribution in [-0.2, 0) is 0 Å².